The number of rotatable bonds is 7. The standard InChI is InChI=1S/C20H19NO5/c22-10-4-9-21-19(23)13-25-15-7-8-16-17(14-5-2-1-3-6-14)12-20(24)26-18(16)11-15/h1-3,5-8,11-12,22H,4,9-10,13H2,(H,21,23). The van der Waals surface area contributed by atoms with Crippen LogP contribution < -0.4 is 15.7 Å². The first-order valence-corrected chi connectivity index (χ1v) is 8.31. The van der Waals surface area contributed by atoms with Gasteiger partial charge in [0.25, 0.3) is 5.91 Å². The maximum atomic E-state index is 11.9. The van der Waals surface area contributed by atoms with Gasteiger partial charge in [0.1, 0.15) is 11.3 Å². The van der Waals surface area contributed by atoms with E-state index in [-0.39, 0.29) is 19.1 Å². The quantitative estimate of drug-likeness (QED) is 0.503. The number of carbonyl (C=O) groups excluding carboxylic acids is 1. The summed E-state index contributed by atoms with van der Waals surface area (Å²) in [5.41, 5.74) is 1.65. The molecule has 0 saturated heterocycles. The van der Waals surface area contributed by atoms with Gasteiger partial charge >= 0.3 is 5.63 Å². The largest absolute Gasteiger partial charge is 0.484 e. The van der Waals surface area contributed by atoms with E-state index >= 15 is 0 Å². The van der Waals surface area contributed by atoms with E-state index in [1.165, 1.54) is 6.07 Å². The highest BCUT2D eigenvalue weighted by Crippen LogP contribution is 2.29. The molecule has 0 bridgehead atoms. The van der Waals surface area contributed by atoms with E-state index in [4.69, 9.17) is 14.3 Å². The van der Waals surface area contributed by atoms with E-state index < -0.39 is 5.63 Å². The third-order valence-corrected chi connectivity index (χ3v) is 3.83. The number of benzene rings is 2. The van der Waals surface area contributed by atoms with E-state index in [2.05, 4.69) is 5.32 Å². The van der Waals surface area contributed by atoms with Gasteiger partial charge in [0.15, 0.2) is 6.61 Å². The summed E-state index contributed by atoms with van der Waals surface area (Å²) in [5.74, 6) is 0.154. The van der Waals surface area contributed by atoms with Crippen molar-refractivity contribution in [3.05, 3.63) is 65.0 Å². The number of carbonyl (C=O) groups is 1. The zero-order valence-electron chi connectivity index (χ0n) is 14.1. The number of ether oxygens (including phenoxy) is 1. The SMILES string of the molecule is O=C(COc1ccc2c(-c3ccccc3)cc(=O)oc2c1)NCCCO. The predicted octanol–water partition coefficient (Wildman–Crippen LogP) is 2.34. The number of hydrogen-bond donors (Lipinski definition) is 2. The number of nitrogens with one attached hydrogen (secondary N) is 1. The van der Waals surface area contributed by atoms with Crippen molar-refractivity contribution in [2.24, 2.45) is 0 Å². The van der Waals surface area contributed by atoms with Crippen molar-refractivity contribution in [2.75, 3.05) is 19.8 Å². The highest BCUT2D eigenvalue weighted by molar-refractivity contribution is 5.93. The Hall–Kier alpha value is -3.12. The van der Waals surface area contributed by atoms with Gasteiger partial charge in [0.05, 0.1) is 0 Å². The van der Waals surface area contributed by atoms with Gasteiger partial charge in [0, 0.05) is 30.7 Å². The average molecular weight is 353 g/mol. The van der Waals surface area contributed by atoms with E-state index in [1.54, 1.807) is 18.2 Å². The monoisotopic (exact) mass is 353 g/mol. The molecule has 0 radical (unpaired) electrons. The van der Waals surface area contributed by atoms with Crippen molar-refractivity contribution < 1.29 is 19.1 Å². The number of hydrogen-bond acceptors (Lipinski definition) is 5. The van der Waals surface area contributed by atoms with E-state index in [0.29, 0.717) is 24.3 Å². The first-order chi connectivity index (χ1) is 12.7. The molecule has 0 aliphatic rings. The van der Waals surface area contributed by atoms with E-state index in [1.807, 2.05) is 30.3 Å². The lowest BCUT2D eigenvalue weighted by molar-refractivity contribution is -0.123. The minimum absolute atomic E-state index is 0.0224. The first kappa shape index (κ1) is 17.7. The maximum Gasteiger partial charge on any atom is 0.336 e. The molecule has 1 aromatic heterocycles. The van der Waals surface area contributed by atoms with E-state index in [0.717, 1.165) is 16.5 Å². The molecule has 0 aliphatic carbocycles. The second kappa shape index (κ2) is 8.31. The smallest absolute Gasteiger partial charge is 0.336 e. The molecular formula is C20H19NO5. The fourth-order valence-corrected chi connectivity index (χ4v) is 2.60. The molecule has 1 heterocycles. The van der Waals surface area contributed by atoms with Gasteiger partial charge in [-0.1, -0.05) is 30.3 Å². The van der Waals surface area contributed by atoms with Gasteiger partial charge in [-0.2, -0.15) is 0 Å². The third kappa shape index (κ3) is 4.29. The van der Waals surface area contributed by atoms with Gasteiger partial charge < -0.3 is 19.6 Å². The van der Waals surface area contributed by atoms with Gasteiger partial charge in [-0.3, -0.25) is 4.79 Å². The van der Waals surface area contributed by atoms with Gasteiger partial charge in [-0.15, -0.1) is 0 Å². The van der Waals surface area contributed by atoms with Gasteiger partial charge in [0.2, 0.25) is 0 Å². The summed E-state index contributed by atoms with van der Waals surface area (Å²) in [6.07, 6.45) is 0.495. The summed E-state index contributed by atoms with van der Waals surface area (Å²) >= 11 is 0. The van der Waals surface area contributed by atoms with Crippen LogP contribution in [0.2, 0.25) is 0 Å². The summed E-state index contributed by atoms with van der Waals surface area (Å²) in [6, 6.07) is 16.2. The van der Waals surface area contributed by atoms with Crippen molar-refractivity contribution in [3.63, 3.8) is 0 Å². The number of aliphatic hydroxyl groups is 1. The lowest BCUT2D eigenvalue weighted by Crippen LogP contribution is -2.30. The molecule has 0 aliphatic heterocycles. The minimum atomic E-state index is -0.449. The zero-order chi connectivity index (χ0) is 18.4. The second-order valence-corrected chi connectivity index (χ2v) is 5.72. The minimum Gasteiger partial charge on any atom is -0.484 e. The Morgan fingerprint density at radius 3 is 2.69 bits per heavy atom. The molecule has 0 unspecified atom stereocenters. The Kier molecular flexibility index (Phi) is 5.66. The number of fused-ring (bicyclic) bond motifs is 1. The lowest BCUT2D eigenvalue weighted by Gasteiger charge is -2.09. The molecule has 1 amide bonds. The zero-order valence-corrected chi connectivity index (χ0v) is 14.1. The Balaban J connectivity index is 1.81. The number of aliphatic hydroxyl groups excluding tert-OH is 1. The summed E-state index contributed by atoms with van der Waals surface area (Å²) in [4.78, 5) is 23.6. The molecular weight excluding hydrogens is 334 g/mol. The predicted molar refractivity (Wildman–Crippen MR) is 98.1 cm³/mol. The Morgan fingerprint density at radius 1 is 1.12 bits per heavy atom. The lowest BCUT2D eigenvalue weighted by atomic mass is 10.0. The fraction of sp³-hybridized carbons (Fsp3) is 0.200. The van der Waals surface area contributed by atoms with Crippen LogP contribution in [0.1, 0.15) is 6.42 Å². The van der Waals surface area contributed by atoms with Crippen LogP contribution in [0.3, 0.4) is 0 Å². The molecule has 0 spiro atoms. The van der Waals surface area contributed by atoms with Crippen LogP contribution in [0.5, 0.6) is 5.75 Å². The molecule has 2 aromatic carbocycles. The van der Waals surface area contributed by atoms with Crippen LogP contribution in [0.4, 0.5) is 0 Å². The van der Waals surface area contributed by atoms with Crippen LogP contribution in [0, 0.1) is 0 Å². The van der Waals surface area contributed by atoms with Crippen molar-refractivity contribution in [1.29, 1.82) is 0 Å². The highest BCUT2D eigenvalue weighted by Gasteiger charge is 2.10. The van der Waals surface area contributed by atoms with Crippen molar-refractivity contribution in [2.45, 2.75) is 6.42 Å². The van der Waals surface area contributed by atoms with Crippen LogP contribution in [0.15, 0.2) is 63.8 Å². The Bertz CT molecular complexity index is 949. The van der Waals surface area contributed by atoms with Crippen molar-refractivity contribution in [1.82, 2.24) is 5.32 Å². The normalized spacial score (nSPS) is 10.7. The topological polar surface area (TPSA) is 88.8 Å². The second-order valence-electron chi connectivity index (χ2n) is 5.72. The average Bonchev–Trinajstić information content (AvgIpc) is 2.66. The Labute approximate surface area is 150 Å². The molecule has 3 aromatic rings. The molecule has 26 heavy (non-hydrogen) atoms. The van der Waals surface area contributed by atoms with Crippen molar-refractivity contribution in [3.8, 4) is 16.9 Å². The molecule has 3 rings (SSSR count). The summed E-state index contributed by atoms with van der Waals surface area (Å²) in [5, 5.41) is 12.1. The molecule has 6 nitrogen and oxygen atoms in total. The fourth-order valence-electron chi connectivity index (χ4n) is 2.60. The van der Waals surface area contributed by atoms with Crippen LogP contribution in [-0.2, 0) is 4.79 Å². The molecule has 134 valence electrons. The summed E-state index contributed by atoms with van der Waals surface area (Å²) < 4.78 is 10.7. The molecule has 0 atom stereocenters. The molecule has 2 N–H and O–H groups in total. The van der Waals surface area contributed by atoms with Gasteiger partial charge in [-0.05, 0) is 29.7 Å². The summed E-state index contributed by atoms with van der Waals surface area (Å²) in [7, 11) is 0. The van der Waals surface area contributed by atoms with Gasteiger partial charge in [-0.25, -0.2) is 4.79 Å². The molecule has 0 saturated carbocycles. The van der Waals surface area contributed by atoms with Crippen LogP contribution >= 0.6 is 0 Å². The molecule has 0 fully saturated rings. The first-order valence-electron chi connectivity index (χ1n) is 8.31. The van der Waals surface area contributed by atoms with Crippen LogP contribution in [0.25, 0.3) is 22.1 Å². The summed E-state index contributed by atoms with van der Waals surface area (Å²) in [6.45, 7) is 0.264. The maximum absolute atomic E-state index is 11.9. The molecule has 6 heteroatoms. The van der Waals surface area contributed by atoms with Crippen molar-refractivity contribution >= 4 is 16.9 Å². The third-order valence-electron chi connectivity index (χ3n) is 3.83. The van der Waals surface area contributed by atoms with E-state index in [9.17, 15) is 9.59 Å². The number of amides is 1. The highest BCUT2D eigenvalue weighted by atomic mass is 16.5. The Morgan fingerprint density at radius 2 is 1.92 bits per heavy atom. The van der Waals surface area contributed by atoms with Crippen LogP contribution in [-0.4, -0.2) is 30.8 Å².